The fourth-order valence-electron chi connectivity index (χ4n) is 2.60. The number of nitrogens with zero attached hydrogens (tertiary/aromatic N) is 1. The van der Waals surface area contributed by atoms with Gasteiger partial charge in [-0.2, -0.15) is 0 Å². The molecule has 1 amide bonds. The summed E-state index contributed by atoms with van der Waals surface area (Å²) in [5.74, 6) is -0.147. The maximum absolute atomic E-state index is 13.3. The molecule has 1 saturated heterocycles. The Hall–Kier alpha value is -1.64. The Labute approximate surface area is 106 Å². The van der Waals surface area contributed by atoms with E-state index in [-0.39, 0.29) is 11.7 Å². The first kappa shape index (κ1) is 11.5. The largest absolute Gasteiger partial charge is 0.339 e. The molecule has 2 aliphatic rings. The minimum atomic E-state index is -0.224. The Morgan fingerprint density at radius 2 is 2.06 bits per heavy atom. The number of hydrogen-bond acceptors (Lipinski definition) is 1. The molecule has 1 fully saturated rings. The van der Waals surface area contributed by atoms with Crippen LogP contribution in [0.5, 0.6) is 0 Å². The van der Waals surface area contributed by atoms with Gasteiger partial charge in [0.05, 0.1) is 0 Å². The average molecular weight is 245 g/mol. The number of aryl methyl sites for hydroxylation is 1. The standard InChI is InChI=1S/C15H16FNO/c16-13-6-5-11-3-1-4-12(14(11)10-13)9-15(18)17-7-2-8-17/h5-6,9-10H,1-4,7-8H2/b12-9-. The number of rotatable bonds is 1. The zero-order chi connectivity index (χ0) is 12.5. The third-order valence-electron chi connectivity index (χ3n) is 3.78. The summed E-state index contributed by atoms with van der Waals surface area (Å²) in [5, 5.41) is 0. The number of likely N-dealkylation sites (tertiary alicyclic amines) is 1. The summed E-state index contributed by atoms with van der Waals surface area (Å²) in [6, 6.07) is 4.90. The van der Waals surface area contributed by atoms with Gasteiger partial charge in [0.2, 0.25) is 5.91 Å². The molecule has 0 bridgehead atoms. The number of carbonyl (C=O) groups is 1. The van der Waals surface area contributed by atoms with Gasteiger partial charge in [0.1, 0.15) is 5.82 Å². The van der Waals surface area contributed by atoms with Crippen molar-refractivity contribution in [2.75, 3.05) is 13.1 Å². The number of amides is 1. The van der Waals surface area contributed by atoms with Crippen molar-refractivity contribution < 1.29 is 9.18 Å². The van der Waals surface area contributed by atoms with Crippen molar-refractivity contribution in [1.82, 2.24) is 4.90 Å². The average Bonchev–Trinajstić information content (AvgIpc) is 2.27. The van der Waals surface area contributed by atoms with E-state index in [2.05, 4.69) is 0 Å². The fraction of sp³-hybridized carbons (Fsp3) is 0.400. The van der Waals surface area contributed by atoms with E-state index in [0.717, 1.165) is 55.5 Å². The van der Waals surface area contributed by atoms with E-state index in [1.165, 1.54) is 6.07 Å². The van der Waals surface area contributed by atoms with Crippen LogP contribution in [0.2, 0.25) is 0 Å². The molecule has 0 radical (unpaired) electrons. The van der Waals surface area contributed by atoms with Crippen LogP contribution in [0.3, 0.4) is 0 Å². The third kappa shape index (κ3) is 2.05. The first-order chi connectivity index (χ1) is 8.74. The summed E-state index contributed by atoms with van der Waals surface area (Å²) >= 11 is 0. The van der Waals surface area contributed by atoms with Gasteiger partial charge >= 0.3 is 0 Å². The molecular formula is C15H16FNO. The molecule has 1 aromatic rings. The zero-order valence-corrected chi connectivity index (χ0v) is 10.3. The number of carbonyl (C=O) groups excluding carboxylic acids is 1. The van der Waals surface area contributed by atoms with E-state index in [1.807, 2.05) is 11.0 Å². The molecule has 1 heterocycles. The minimum absolute atomic E-state index is 0.0772. The predicted octanol–water partition coefficient (Wildman–Crippen LogP) is 2.78. The smallest absolute Gasteiger partial charge is 0.246 e. The van der Waals surface area contributed by atoms with Gasteiger partial charge < -0.3 is 4.90 Å². The topological polar surface area (TPSA) is 20.3 Å². The van der Waals surface area contributed by atoms with Gasteiger partial charge in [0, 0.05) is 19.2 Å². The van der Waals surface area contributed by atoms with Gasteiger partial charge in [0.15, 0.2) is 0 Å². The molecule has 0 saturated carbocycles. The monoisotopic (exact) mass is 245 g/mol. The van der Waals surface area contributed by atoms with Crippen LogP contribution >= 0.6 is 0 Å². The van der Waals surface area contributed by atoms with Crippen molar-refractivity contribution in [1.29, 1.82) is 0 Å². The third-order valence-corrected chi connectivity index (χ3v) is 3.78. The van der Waals surface area contributed by atoms with Crippen molar-refractivity contribution in [3.05, 3.63) is 41.2 Å². The minimum Gasteiger partial charge on any atom is -0.339 e. The van der Waals surface area contributed by atoms with Gasteiger partial charge in [-0.3, -0.25) is 4.79 Å². The van der Waals surface area contributed by atoms with Crippen LogP contribution in [-0.2, 0) is 11.2 Å². The van der Waals surface area contributed by atoms with Gasteiger partial charge in [0.25, 0.3) is 0 Å². The molecule has 0 atom stereocenters. The molecule has 1 aromatic carbocycles. The summed E-state index contributed by atoms with van der Waals surface area (Å²) < 4.78 is 13.3. The van der Waals surface area contributed by atoms with Crippen LogP contribution < -0.4 is 0 Å². The van der Waals surface area contributed by atoms with Crippen LogP contribution in [0.1, 0.15) is 30.4 Å². The molecule has 0 aromatic heterocycles. The number of halogens is 1. The Kier molecular flexibility index (Phi) is 2.90. The summed E-state index contributed by atoms with van der Waals surface area (Å²) in [7, 11) is 0. The Morgan fingerprint density at radius 3 is 2.78 bits per heavy atom. The van der Waals surface area contributed by atoms with Crippen molar-refractivity contribution >= 4 is 11.5 Å². The summed E-state index contributed by atoms with van der Waals surface area (Å²) in [4.78, 5) is 13.8. The van der Waals surface area contributed by atoms with Crippen LogP contribution in [0.15, 0.2) is 24.3 Å². The van der Waals surface area contributed by atoms with E-state index < -0.39 is 0 Å². The van der Waals surface area contributed by atoms with Crippen molar-refractivity contribution in [3.8, 4) is 0 Å². The second-order valence-corrected chi connectivity index (χ2v) is 5.00. The number of hydrogen-bond donors (Lipinski definition) is 0. The molecule has 1 aliphatic carbocycles. The molecule has 3 heteroatoms. The Bertz CT molecular complexity index is 517. The first-order valence-corrected chi connectivity index (χ1v) is 6.52. The summed E-state index contributed by atoms with van der Waals surface area (Å²) in [5.41, 5.74) is 3.08. The van der Waals surface area contributed by atoms with Gasteiger partial charge in [-0.1, -0.05) is 6.07 Å². The van der Waals surface area contributed by atoms with E-state index in [0.29, 0.717) is 0 Å². The Balaban J connectivity index is 1.92. The number of allylic oxidation sites excluding steroid dienone is 1. The maximum Gasteiger partial charge on any atom is 0.246 e. The van der Waals surface area contributed by atoms with Gasteiger partial charge in [-0.05, 0) is 54.5 Å². The SMILES string of the molecule is O=C(/C=C1/CCCc2ccc(F)cc21)N1CCC1. The first-order valence-electron chi connectivity index (χ1n) is 6.52. The van der Waals surface area contributed by atoms with Crippen LogP contribution in [0.4, 0.5) is 4.39 Å². The molecule has 18 heavy (non-hydrogen) atoms. The lowest BCUT2D eigenvalue weighted by molar-refractivity contribution is -0.129. The lowest BCUT2D eigenvalue weighted by atomic mass is 9.87. The Morgan fingerprint density at radius 1 is 1.22 bits per heavy atom. The maximum atomic E-state index is 13.3. The second kappa shape index (κ2) is 4.56. The van der Waals surface area contributed by atoms with Crippen molar-refractivity contribution in [3.63, 3.8) is 0 Å². The second-order valence-electron chi connectivity index (χ2n) is 5.00. The van der Waals surface area contributed by atoms with E-state index in [1.54, 1.807) is 12.1 Å². The lowest BCUT2D eigenvalue weighted by Gasteiger charge is -2.30. The van der Waals surface area contributed by atoms with Crippen molar-refractivity contribution in [2.24, 2.45) is 0 Å². The highest BCUT2D eigenvalue weighted by Gasteiger charge is 2.21. The quantitative estimate of drug-likeness (QED) is 0.697. The van der Waals surface area contributed by atoms with Crippen molar-refractivity contribution in [2.45, 2.75) is 25.7 Å². The highest BCUT2D eigenvalue weighted by Crippen LogP contribution is 2.31. The van der Waals surface area contributed by atoms with Gasteiger partial charge in [-0.25, -0.2) is 4.39 Å². The van der Waals surface area contributed by atoms with Gasteiger partial charge in [-0.15, -0.1) is 0 Å². The molecule has 2 nitrogen and oxygen atoms in total. The molecule has 0 unspecified atom stereocenters. The van der Waals surface area contributed by atoms with E-state index in [9.17, 15) is 9.18 Å². The molecule has 0 N–H and O–H groups in total. The molecular weight excluding hydrogens is 229 g/mol. The highest BCUT2D eigenvalue weighted by atomic mass is 19.1. The molecule has 1 aliphatic heterocycles. The van der Waals surface area contributed by atoms with Crippen LogP contribution in [0, 0.1) is 5.82 Å². The summed E-state index contributed by atoms with van der Waals surface area (Å²) in [6.07, 6.45) is 5.69. The molecule has 94 valence electrons. The predicted molar refractivity (Wildman–Crippen MR) is 68.5 cm³/mol. The molecule has 3 rings (SSSR count). The zero-order valence-electron chi connectivity index (χ0n) is 10.3. The lowest BCUT2D eigenvalue weighted by Crippen LogP contribution is -2.41. The number of fused-ring (bicyclic) bond motifs is 1. The number of benzene rings is 1. The molecule has 0 spiro atoms. The fourth-order valence-corrected chi connectivity index (χ4v) is 2.60. The van der Waals surface area contributed by atoms with Crippen LogP contribution in [0.25, 0.3) is 5.57 Å². The normalized spacial score (nSPS) is 20.5. The highest BCUT2D eigenvalue weighted by molar-refractivity contribution is 5.96. The van der Waals surface area contributed by atoms with Crippen LogP contribution in [-0.4, -0.2) is 23.9 Å². The summed E-state index contributed by atoms with van der Waals surface area (Å²) in [6.45, 7) is 1.72. The van der Waals surface area contributed by atoms with E-state index in [4.69, 9.17) is 0 Å². The van der Waals surface area contributed by atoms with E-state index >= 15 is 0 Å².